The second-order valence-electron chi connectivity index (χ2n) is 4.51. The van der Waals surface area contributed by atoms with E-state index in [0.717, 1.165) is 6.54 Å². The van der Waals surface area contributed by atoms with Crippen molar-refractivity contribution in [1.29, 1.82) is 0 Å². The lowest BCUT2D eigenvalue weighted by molar-refractivity contribution is 0.407. The smallest absolute Gasteiger partial charge is 0.315 e. The summed E-state index contributed by atoms with van der Waals surface area (Å²) < 4.78 is 5.67. The van der Waals surface area contributed by atoms with Crippen molar-refractivity contribution in [3.8, 4) is 0 Å². The third kappa shape index (κ3) is 3.13. The Labute approximate surface area is 106 Å². The highest BCUT2D eigenvalue weighted by atomic mass is 32.2. The van der Waals surface area contributed by atoms with Crippen molar-refractivity contribution in [1.82, 2.24) is 10.2 Å². The monoisotopic (exact) mass is 256 g/mol. The van der Waals surface area contributed by atoms with Crippen LogP contribution in [0.3, 0.4) is 0 Å². The number of nitrogens with zero attached hydrogens (tertiary/aromatic N) is 2. The lowest BCUT2D eigenvalue weighted by Gasteiger charge is -2.35. The van der Waals surface area contributed by atoms with E-state index in [1.807, 2.05) is 11.8 Å². The molecule has 0 saturated heterocycles. The van der Waals surface area contributed by atoms with Gasteiger partial charge >= 0.3 is 6.01 Å². The average molecular weight is 256 g/mol. The van der Waals surface area contributed by atoms with Crippen LogP contribution in [0.5, 0.6) is 0 Å². The van der Waals surface area contributed by atoms with Crippen molar-refractivity contribution in [3.05, 3.63) is 5.89 Å². The summed E-state index contributed by atoms with van der Waals surface area (Å²) >= 11 is 1.95. The summed E-state index contributed by atoms with van der Waals surface area (Å²) in [5, 5.41) is 11.0. The molecule has 0 aromatic carbocycles. The minimum Gasteiger partial charge on any atom is -0.407 e. The summed E-state index contributed by atoms with van der Waals surface area (Å²) in [6, 6.07) is 0.490. The van der Waals surface area contributed by atoms with Gasteiger partial charge in [-0.3, -0.25) is 0 Å². The largest absolute Gasteiger partial charge is 0.407 e. The van der Waals surface area contributed by atoms with Gasteiger partial charge in [0.15, 0.2) is 0 Å². The molecule has 1 saturated carbocycles. The van der Waals surface area contributed by atoms with Crippen LogP contribution in [0.1, 0.15) is 38.0 Å². The van der Waals surface area contributed by atoms with Crippen LogP contribution < -0.4 is 11.1 Å². The number of anilines is 1. The van der Waals surface area contributed by atoms with Gasteiger partial charge in [0.05, 0.1) is 6.54 Å². The summed E-state index contributed by atoms with van der Waals surface area (Å²) in [4.78, 5) is 0. The molecule has 0 unspecified atom stereocenters. The van der Waals surface area contributed by atoms with Crippen LogP contribution in [-0.2, 0) is 6.54 Å². The Hall–Kier alpha value is -0.750. The fourth-order valence-electron chi connectivity index (χ4n) is 2.29. The predicted octanol–water partition coefficient (Wildman–Crippen LogP) is 2.01. The molecule has 1 aromatic heterocycles. The molecule has 1 aromatic rings. The molecule has 0 bridgehead atoms. The third-order valence-electron chi connectivity index (χ3n) is 3.40. The molecule has 0 atom stereocenters. The fourth-order valence-corrected chi connectivity index (χ4v) is 3.21. The lowest BCUT2D eigenvalue weighted by atomic mass is 9.88. The number of hydrogen-bond acceptors (Lipinski definition) is 6. The highest BCUT2D eigenvalue weighted by Gasteiger charge is 2.31. The second kappa shape index (κ2) is 5.73. The van der Waals surface area contributed by atoms with Gasteiger partial charge in [-0.1, -0.05) is 24.4 Å². The van der Waals surface area contributed by atoms with Crippen LogP contribution in [0.2, 0.25) is 0 Å². The van der Waals surface area contributed by atoms with Crippen LogP contribution in [0.15, 0.2) is 4.42 Å². The first-order valence-electron chi connectivity index (χ1n) is 6.09. The SMILES string of the molecule is CSC1(CNc2nnc(CN)o2)CCCCC1. The van der Waals surface area contributed by atoms with E-state index in [9.17, 15) is 0 Å². The minimum absolute atomic E-state index is 0.294. The maximum absolute atomic E-state index is 5.43. The third-order valence-corrected chi connectivity index (χ3v) is 4.82. The fraction of sp³-hybridized carbons (Fsp3) is 0.818. The quantitative estimate of drug-likeness (QED) is 0.839. The van der Waals surface area contributed by atoms with Crippen LogP contribution in [0, 0.1) is 0 Å². The zero-order valence-electron chi connectivity index (χ0n) is 10.2. The molecule has 6 heteroatoms. The number of hydrogen-bond donors (Lipinski definition) is 2. The first-order chi connectivity index (χ1) is 8.28. The van der Waals surface area contributed by atoms with Crippen LogP contribution in [-0.4, -0.2) is 27.7 Å². The van der Waals surface area contributed by atoms with Gasteiger partial charge in [-0.05, 0) is 19.1 Å². The summed E-state index contributed by atoms with van der Waals surface area (Å²) in [5.41, 5.74) is 5.43. The Morgan fingerprint density at radius 2 is 2.12 bits per heavy atom. The van der Waals surface area contributed by atoms with E-state index in [4.69, 9.17) is 10.2 Å². The first-order valence-corrected chi connectivity index (χ1v) is 7.32. The van der Waals surface area contributed by atoms with Gasteiger partial charge in [-0.15, -0.1) is 5.10 Å². The molecule has 2 rings (SSSR count). The predicted molar refractivity (Wildman–Crippen MR) is 70.0 cm³/mol. The van der Waals surface area contributed by atoms with E-state index < -0.39 is 0 Å². The van der Waals surface area contributed by atoms with Crippen molar-refractivity contribution in [2.75, 3.05) is 18.1 Å². The number of thioether (sulfide) groups is 1. The average Bonchev–Trinajstić information content (AvgIpc) is 2.85. The maximum atomic E-state index is 5.43. The highest BCUT2D eigenvalue weighted by Crippen LogP contribution is 2.38. The Bertz CT molecular complexity index is 349. The first kappa shape index (κ1) is 12.7. The number of nitrogens with two attached hydrogens (primary N) is 1. The van der Waals surface area contributed by atoms with Gasteiger partial charge in [0.25, 0.3) is 0 Å². The molecule has 17 heavy (non-hydrogen) atoms. The Balaban J connectivity index is 1.90. The standard InChI is InChI=1S/C11H20N4OS/c1-17-11(5-3-2-4-6-11)8-13-10-15-14-9(7-12)16-10/h2-8,12H2,1H3,(H,13,15). The van der Waals surface area contributed by atoms with Gasteiger partial charge in [0.2, 0.25) is 5.89 Å². The van der Waals surface area contributed by atoms with Crippen LogP contribution in [0.4, 0.5) is 6.01 Å². The molecule has 1 fully saturated rings. The lowest BCUT2D eigenvalue weighted by Crippen LogP contribution is -2.35. The van der Waals surface area contributed by atoms with E-state index in [1.165, 1.54) is 32.1 Å². The van der Waals surface area contributed by atoms with Crippen molar-refractivity contribution in [2.24, 2.45) is 5.73 Å². The number of nitrogens with one attached hydrogen (secondary N) is 1. The molecule has 5 nitrogen and oxygen atoms in total. The molecule has 0 amide bonds. The molecular formula is C11H20N4OS. The summed E-state index contributed by atoms with van der Waals surface area (Å²) in [6.07, 6.45) is 8.71. The molecule has 1 aliphatic carbocycles. The molecule has 96 valence electrons. The van der Waals surface area contributed by atoms with Gasteiger partial charge < -0.3 is 15.5 Å². The Morgan fingerprint density at radius 3 is 2.71 bits per heavy atom. The zero-order valence-corrected chi connectivity index (χ0v) is 11.1. The van der Waals surface area contributed by atoms with E-state index in [0.29, 0.717) is 23.2 Å². The van der Waals surface area contributed by atoms with Crippen molar-refractivity contribution < 1.29 is 4.42 Å². The van der Waals surface area contributed by atoms with E-state index in [2.05, 4.69) is 21.8 Å². The van der Waals surface area contributed by atoms with Gasteiger partial charge in [0.1, 0.15) is 0 Å². The van der Waals surface area contributed by atoms with Crippen LogP contribution >= 0.6 is 11.8 Å². The number of rotatable bonds is 5. The summed E-state index contributed by atoms with van der Waals surface area (Å²) in [5.74, 6) is 0.481. The molecule has 0 aliphatic heterocycles. The molecule has 0 radical (unpaired) electrons. The van der Waals surface area contributed by atoms with E-state index >= 15 is 0 Å². The van der Waals surface area contributed by atoms with Crippen molar-refractivity contribution >= 4 is 17.8 Å². The van der Waals surface area contributed by atoms with Gasteiger partial charge in [0, 0.05) is 11.3 Å². The highest BCUT2D eigenvalue weighted by molar-refractivity contribution is 8.00. The van der Waals surface area contributed by atoms with E-state index in [1.54, 1.807) is 0 Å². The molecule has 1 heterocycles. The maximum Gasteiger partial charge on any atom is 0.315 e. The van der Waals surface area contributed by atoms with Gasteiger partial charge in [-0.25, -0.2) is 0 Å². The molecular weight excluding hydrogens is 236 g/mol. The summed E-state index contributed by atoms with van der Waals surface area (Å²) in [7, 11) is 0. The molecule has 3 N–H and O–H groups in total. The minimum atomic E-state index is 0.294. The van der Waals surface area contributed by atoms with Crippen molar-refractivity contribution in [2.45, 2.75) is 43.4 Å². The molecule has 0 spiro atoms. The zero-order chi connectivity index (χ0) is 12.1. The van der Waals surface area contributed by atoms with Gasteiger partial charge in [-0.2, -0.15) is 11.8 Å². The topological polar surface area (TPSA) is 77.0 Å². The second-order valence-corrected chi connectivity index (χ2v) is 5.78. The van der Waals surface area contributed by atoms with Crippen molar-refractivity contribution in [3.63, 3.8) is 0 Å². The number of aromatic nitrogens is 2. The molecule has 1 aliphatic rings. The Morgan fingerprint density at radius 1 is 1.35 bits per heavy atom. The summed E-state index contributed by atoms with van der Waals surface area (Å²) in [6.45, 7) is 1.18. The Kier molecular flexibility index (Phi) is 4.28. The van der Waals surface area contributed by atoms with Crippen LogP contribution in [0.25, 0.3) is 0 Å². The van der Waals surface area contributed by atoms with E-state index in [-0.39, 0.29) is 0 Å². The normalized spacial score (nSPS) is 19.2.